The van der Waals surface area contributed by atoms with E-state index in [0.717, 1.165) is 18.6 Å². The van der Waals surface area contributed by atoms with Crippen molar-refractivity contribution in [2.45, 2.75) is 18.9 Å². The maximum absolute atomic E-state index is 12.2. The maximum atomic E-state index is 12.2. The zero-order valence-electron chi connectivity index (χ0n) is 13.1. The second-order valence-electron chi connectivity index (χ2n) is 5.43. The van der Waals surface area contributed by atoms with Crippen molar-refractivity contribution in [3.05, 3.63) is 36.7 Å². The summed E-state index contributed by atoms with van der Waals surface area (Å²) in [4.78, 5) is 15.8. The Morgan fingerprint density at radius 3 is 2.35 bits per heavy atom. The lowest BCUT2D eigenvalue weighted by atomic mass is 10.1. The second kappa shape index (κ2) is 7.13. The van der Waals surface area contributed by atoms with E-state index in [2.05, 4.69) is 10.2 Å². The normalized spacial score (nSPS) is 15.4. The first-order chi connectivity index (χ1) is 11.3. The third-order valence-corrected chi connectivity index (χ3v) is 4.00. The Labute approximate surface area is 134 Å². The Bertz CT molecular complexity index is 619. The van der Waals surface area contributed by atoms with Gasteiger partial charge < -0.3 is 14.4 Å². The minimum atomic E-state index is 0.00712. The first-order valence-electron chi connectivity index (χ1n) is 7.66. The SMILES string of the molecule is COc1ccc(OCC(=O)N2CCC(n3nccn3)CC2)cc1. The maximum Gasteiger partial charge on any atom is 0.260 e. The molecule has 0 aliphatic carbocycles. The molecule has 0 bridgehead atoms. The molecule has 122 valence electrons. The van der Waals surface area contributed by atoms with Gasteiger partial charge in [-0.1, -0.05) is 0 Å². The second-order valence-corrected chi connectivity index (χ2v) is 5.43. The highest BCUT2D eigenvalue weighted by atomic mass is 16.5. The molecule has 0 N–H and O–H groups in total. The fourth-order valence-electron chi connectivity index (χ4n) is 2.67. The molecule has 2 heterocycles. The fourth-order valence-corrected chi connectivity index (χ4v) is 2.67. The Kier molecular flexibility index (Phi) is 4.75. The summed E-state index contributed by atoms with van der Waals surface area (Å²) in [6.07, 6.45) is 5.09. The van der Waals surface area contributed by atoms with E-state index < -0.39 is 0 Å². The first-order valence-corrected chi connectivity index (χ1v) is 7.66. The molecular formula is C16H20N4O3. The van der Waals surface area contributed by atoms with Crippen LogP contribution < -0.4 is 9.47 Å². The van der Waals surface area contributed by atoms with E-state index in [4.69, 9.17) is 9.47 Å². The van der Waals surface area contributed by atoms with Gasteiger partial charge in [-0.25, -0.2) is 0 Å². The molecule has 0 atom stereocenters. The highest BCUT2D eigenvalue weighted by Crippen LogP contribution is 2.21. The number of aromatic nitrogens is 3. The zero-order chi connectivity index (χ0) is 16.1. The Hall–Kier alpha value is -2.57. The number of carbonyl (C=O) groups excluding carboxylic acids is 1. The number of methoxy groups -OCH3 is 1. The summed E-state index contributed by atoms with van der Waals surface area (Å²) in [5.41, 5.74) is 0. The molecule has 1 aromatic heterocycles. The van der Waals surface area contributed by atoms with Gasteiger partial charge in [-0.3, -0.25) is 4.79 Å². The molecule has 2 aromatic rings. The van der Waals surface area contributed by atoms with Crippen molar-refractivity contribution in [2.75, 3.05) is 26.8 Å². The molecule has 1 aliphatic rings. The number of carbonyl (C=O) groups is 1. The van der Waals surface area contributed by atoms with Crippen LogP contribution in [0.2, 0.25) is 0 Å². The average molecular weight is 316 g/mol. The molecule has 1 aromatic carbocycles. The van der Waals surface area contributed by atoms with Gasteiger partial charge in [0.15, 0.2) is 6.61 Å². The quantitative estimate of drug-likeness (QED) is 0.836. The lowest BCUT2D eigenvalue weighted by Gasteiger charge is -2.31. The standard InChI is InChI=1S/C16H20N4O3/c1-22-14-2-4-15(5-3-14)23-12-16(21)19-10-6-13(7-11-19)20-17-8-9-18-20/h2-5,8-9,13H,6-7,10-12H2,1H3. The molecule has 3 rings (SSSR count). The number of likely N-dealkylation sites (tertiary alicyclic amines) is 1. The first kappa shape index (κ1) is 15.3. The molecule has 1 amide bonds. The molecule has 1 aliphatic heterocycles. The Balaban J connectivity index is 1.45. The minimum absolute atomic E-state index is 0.00712. The molecule has 0 saturated carbocycles. The third-order valence-electron chi connectivity index (χ3n) is 4.00. The predicted octanol–water partition coefficient (Wildman–Crippen LogP) is 1.53. The van der Waals surface area contributed by atoms with Crippen LogP contribution in [0.4, 0.5) is 0 Å². The van der Waals surface area contributed by atoms with Gasteiger partial charge in [-0.05, 0) is 37.1 Å². The lowest BCUT2D eigenvalue weighted by molar-refractivity contribution is -0.134. The van der Waals surface area contributed by atoms with Crippen LogP contribution in [0.1, 0.15) is 18.9 Å². The van der Waals surface area contributed by atoms with Crippen LogP contribution in [0.3, 0.4) is 0 Å². The number of hydrogen-bond acceptors (Lipinski definition) is 5. The molecule has 7 nitrogen and oxygen atoms in total. The third kappa shape index (κ3) is 3.80. The monoisotopic (exact) mass is 316 g/mol. The van der Waals surface area contributed by atoms with E-state index >= 15 is 0 Å². The van der Waals surface area contributed by atoms with Crippen molar-refractivity contribution in [2.24, 2.45) is 0 Å². The molecule has 0 spiro atoms. The lowest BCUT2D eigenvalue weighted by Crippen LogP contribution is -2.41. The topological polar surface area (TPSA) is 69.5 Å². The fraction of sp³-hybridized carbons (Fsp3) is 0.438. The summed E-state index contributed by atoms with van der Waals surface area (Å²) in [5, 5.41) is 8.33. The van der Waals surface area contributed by atoms with Gasteiger partial charge in [0.05, 0.1) is 25.5 Å². The van der Waals surface area contributed by atoms with E-state index in [9.17, 15) is 4.79 Å². The average Bonchev–Trinajstić information content (AvgIpc) is 3.15. The van der Waals surface area contributed by atoms with Crippen molar-refractivity contribution in [3.63, 3.8) is 0 Å². The number of ether oxygens (including phenoxy) is 2. The molecule has 0 radical (unpaired) electrons. The molecule has 1 saturated heterocycles. The van der Waals surface area contributed by atoms with Crippen LogP contribution >= 0.6 is 0 Å². The van der Waals surface area contributed by atoms with Gasteiger partial charge in [-0.2, -0.15) is 15.0 Å². The summed E-state index contributed by atoms with van der Waals surface area (Å²) >= 11 is 0. The summed E-state index contributed by atoms with van der Waals surface area (Å²) in [6, 6.07) is 7.48. The van der Waals surface area contributed by atoms with Gasteiger partial charge >= 0.3 is 0 Å². The van der Waals surface area contributed by atoms with E-state index in [1.54, 1.807) is 36.4 Å². The summed E-state index contributed by atoms with van der Waals surface area (Å²) in [6.45, 7) is 1.46. The van der Waals surface area contributed by atoms with Gasteiger partial charge in [0.25, 0.3) is 5.91 Å². The van der Waals surface area contributed by atoms with Crippen LogP contribution in [0.25, 0.3) is 0 Å². The van der Waals surface area contributed by atoms with Crippen LogP contribution in [0.5, 0.6) is 11.5 Å². The Morgan fingerprint density at radius 1 is 1.13 bits per heavy atom. The largest absolute Gasteiger partial charge is 0.497 e. The molecule has 7 heteroatoms. The number of piperidine rings is 1. The smallest absolute Gasteiger partial charge is 0.260 e. The van der Waals surface area contributed by atoms with Crippen LogP contribution in [-0.4, -0.2) is 52.6 Å². The van der Waals surface area contributed by atoms with Crippen LogP contribution in [0, 0.1) is 0 Å². The number of rotatable bonds is 5. The highest BCUT2D eigenvalue weighted by molar-refractivity contribution is 5.77. The van der Waals surface area contributed by atoms with Crippen LogP contribution in [0.15, 0.2) is 36.7 Å². The van der Waals surface area contributed by atoms with Crippen molar-refractivity contribution in [1.29, 1.82) is 0 Å². The minimum Gasteiger partial charge on any atom is -0.497 e. The van der Waals surface area contributed by atoms with Gasteiger partial charge in [0.2, 0.25) is 0 Å². The predicted molar refractivity (Wildman–Crippen MR) is 83.4 cm³/mol. The van der Waals surface area contributed by atoms with Gasteiger partial charge in [-0.15, -0.1) is 0 Å². The van der Waals surface area contributed by atoms with E-state index in [-0.39, 0.29) is 18.6 Å². The van der Waals surface area contributed by atoms with Crippen molar-refractivity contribution in [1.82, 2.24) is 19.9 Å². The van der Waals surface area contributed by atoms with E-state index in [1.807, 2.05) is 17.0 Å². The van der Waals surface area contributed by atoms with E-state index in [0.29, 0.717) is 18.8 Å². The highest BCUT2D eigenvalue weighted by Gasteiger charge is 2.24. The van der Waals surface area contributed by atoms with Gasteiger partial charge in [0.1, 0.15) is 11.5 Å². The van der Waals surface area contributed by atoms with Crippen molar-refractivity contribution >= 4 is 5.91 Å². The number of amides is 1. The summed E-state index contributed by atoms with van der Waals surface area (Å²) in [5.74, 6) is 1.43. The van der Waals surface area contributed by atoms with E-state index in [1.165, 1.54) is 0 Å². The molecular weight excluding hydrogens is 296 g/mol. The molecule has 23 heavy (non-hydrogen) atoms. The Morgan fingerprint density at radius 2 is 1.74 bits per heavy atom. The number of benzene rings is 1. The van der Waals surface area contributed by atoms with Crippen LogP contribution in [-0.2, 0) is 4.79 Å². The molecule has 0 unspecified atom stereocenters. The van der Waals surface area contributed by atoms with Crippen molar-refractivity contribution in [3.8, 4) is 11.5 Å². The number of nitrogens with zero attached hydrogens (tertiary/aromatic N) is 4. The zero-order valence-corrected chi connectivity index (χ0v) is 13.1. The van der Waals surface area contributed by atoms with Gasteiger partial charge in [0, 0.05) is 13.1 Å². The molecule has 1 fully saturated rings. The van der Waals surface area contributed by atoms with Crippen molar-refractivity contribution < 1.29 is 14.3 Å². The number of hydrogen-bond donors (Lipinski definition) is 0. The summed E-state index contributed by atoms with van der Waals surface area (Å²) in [7, 11) is 1.61. The summed E-state index contributed by atoms with van der Waals surface area (Å²) < 4.78 is 10.6.